The zero-order valence-corrected chi connectivity index (χ0v) is 35.2. The zero-order chi connectivity index (χ0) is 38.8. The highest BCUT2D eigenvalue weighted by Gasteiger charge is 2.82. The van der Waals surface area contributed by atoms with Crippen molar-refractivity contribution in [3.63, 3.8) is 0 Å². The molecule has 5 aliphatic carbocycles. The number of fused-ring (bicyclic) bond motifs is 7. The molecular formula is C48H76O6. The molecule has 1 heterocycles. The van der Waals surface area contributed by atoms with E-state index in [1.165, 1.54) is 56.1 Å². The van der Waals surface area contributed by atoms with Crippen molar-refractivity contribution in [3.8, 4) is 0 Å². The fourth-order valence-electron chi connectivity index (χ4n) is 16.1. The molecule has 7 rings (SSSR count). The molecule has 6 heteroatoms. The van der Waals surface area contributed by atoms with Crippen LogP contribution in [0.3, 0.4) is 0 Å². The topological polar surface area (TPSA) is 96.2 Å². The Hall–Kier alpha value is -1.47. The van der Waals surface area contributed by atoms with Gasteiger partial charge in [-0.15, -0.1) is 0 Å². The summed E-state index contributed by atoms with van der Waals surface area (Å²) in [5.41, 5.74) is 1.35. The Kier molecular flexibility index (Phi) is 10.9. The molecule has 1 aromatic rings. The van der Waals surface area contributed by atoms with Crippen LogP contribution in [0.2, 0.25) is 0 Å². The molecule has 0 radical (unpaired) electrons. The van der Waals surface area contributed by atoms with E-state index in [0.29, 0.717) is 24.9 Å². The Morgan fingerprint density at radius 1 is 0.833 bits per heavy atom. The average molecular weight is 749 g/mol. The van der Waals surface area contributed by atoms with Gasteiger partial charge >= 0.3 is 5.97 Å². The molecule has 1 spiro atoms. The predicted octanol–water partition coefficient (Wildman–Crippen LogP) is 10.5. The van der Waals surface area contributed by atoms with Gasteiger partial charge in [-0.1, -0.05) is 91.0 Å². The van der Waals surface area contributed by atoms with Crippen LogP contribution >= 0.6 is 0 Å². The maximum Gasteiger partial charge on any atom is 0.309 e. The lowest BCUT2D eigenvalue weighted by Gasteiger charge is -2.78. The number of ether oxygens (including phenoxy) is 2. The molecule has 6 nitrogen and oxygen atoms in total. The van der Waals surface area contributed by atoms with Gasteiger partial charge in [-0.2, -0.15) is 0 Å². The Morgan fingerprint density at radius 3 is 2.20 bits per heavy atom. The summed E-state index contributed by atoms with van der Waals surface area (Å²) in [6.45, 7) is 15.2. The number of hydrogen-bond donors (Lipinski definition) is 3. The summed E-state index contributed by atoms with van der Waals surface area (Å²) in [7, 11) is 1.75. The molecule has 1 aliphatic heterocycles. The van der Waals surface area contributed by atoms with Gasteiger partial charge in [-0.05, 0) is 141 Å². The van der Waals surface area contributed by atoms with Crippen molar-refractivity contribution < 1.29 is 29.6 Å². The van der Waals surface area contributed by atoms with Gasteiger partial charge in [-0.25, -0.2) is 0 Å². The Labute approximate surface area is 327 Å². The van der Waals surface area contributed by atoms with E-state index in [2.05, 4.69) is 58.9 Å². The number of carbonyl (C=O) groups is 1. The highest BCUT2D eigenvalue weighted by atomic mass is 16.6. The summed E-state index contributed by atoms with van der Waals surface area (Å²) >= 11 is 0. The third-order valence-electron chi connectivity index (χ3n) is 19.1. The van der Waals surface area contributed by atoms with Crippen molar-refractivity contribution in [2.24, 2.45) is 55.7 Å². The number of carboxylic acids is 1. The Bertz CT molecular complexity index is 1510. The number of aliphatic hydroxyl groups is 2. The fourth-order valence-corrected chi connectivity index (χ4v) is 16.1. The van der Waals surface area contributed by atoms with Crippen molar-refractivity contribution in [2.75, 3.05) is 20.3 Å². The number of methoxy groups -OCH3 is 1. The third kappa shape index (κ3) is 5.62. The van der Waals surface area contributed by atoms with Crippen LogP contribution in [0.5, 0.6) is 0 Å². The molecule has 5 saturated carbocycles. The summed E-state index contributed by atoms with van der Waals surface area (Å²) in [6, 6.07) is 8.95. The summed E-state index contributed by atoms with van der Waals surface area (Å²) in [5.74, 6) is -0.938. The van der Waals surface area contributed by atoms with E-state index in [9.17, 15) is 20.1 Å². The number of aliphatic hydroxyl groups excluding tert-OH is 1. The summed E-state index contributed by atoms with van der Waals surface area (Å²) in [6.07, 6.45) is 20.2. The van der Waals surface area contributed by atoms with E-state index in [1.54, 1.807) is 7.11 Å². The van der Waals surface area contributed by atoms with Crippen LogP contribution in [0, 0.1) is 55.7 Å². The number of hydrogen-bond acceptors (Lipinski definition) is 5. The van der Waals surface area contributed by atoms with Gasteiger partial charge < -0.3 is 24.8 Å². The maximum atomic E-state index is 13.0. The minimum absolute atomic E-state index is 0.00236. The SMILES string of the molecule is CCCCCCC12CCC3(C)C(CCC45C(Cc6ccc(CCOC)cc6)OC(O)(CCC34CO)C5CCC)C1(C)CCC1(C)CCC(C)(C(=O)O)CC12. The number of benzene rings is 1. The first-order chi connectivity index (χ1) is 25.6. The smallest absolute Gasteiger partial charge is 0.309 e. The number of rotatable bonds is 14. The van der Waals surface area contributed by atoms with Crippen molar-refractivity contribution in [3.05, 3.63) is 35.4 Å². The normalized spacial score (nSPS) is 46.6. The van der Waals surface area contributed by atoms with Gasteiger partial charge in [-0.3, -0.25) is 4.79 Å². The second-order valence-electron chi connectivity index (χ2n) is 21.0. The molecule has 54 heavy (non-hydrogen) atoms. The molecule has 1 aromatic carbocycles. The summed E-state index contributed by atoms with van der Waals surface area (Å²) in [5, 5.41) is 35.4. The maximum absolute atomic E-state index is 13.0. The van der Waals surface area contributed by atoms with E-state index in [4.69, 9.17) is 9.47 Å². The van der Waals surface area contributed by atoms with Crippen LogP contribution in [0.1, 0.15) is 168 Å². The average Bonchev–Trinajstić information content (AvgIpc) is 3.30. The van der Waals surface area contributed by atoms with Crippen LogP contribution in [-0.2, 0) is 27.1 Å². The van der Waals surface area contributed by atoms with Gasteiger partial charge in [0.25, 0.3) is 0 Å². The van der Waals surface area contributed by atoms with Crippen LogP contribution in [0.4, 0.5) is 0 Å². The van der Waals surface area contributed by atoms with E-state index >= 15 is 0 Å². The predicted molar refractivity (Wildman–Crippen MR) is 215 cm³/mol. The lowest BCUT2D eigenvalue weighted by Crippen LogP contribution is -2.74. The number of unbranched alkanes of at least 4 members (excludes halogenated alkanes) is 3. The van der Waals surface area contributed by atoms with Gasteiger partial charge in [0.15, 0.2) is 5.79 Å². The van der Waals surface area contributed by atoms with Crippen LogP contribution in [-0.4, -0.2) is 53.5 Å². The molecular weight excluding hydrogens is 673 g/mol. The number of aliphatic carboxylic acids is 1. The van der Waals surface area contributed by atoms with Gasteiger partial charge in [0.1, 0.15) is 0 Å². The van der Waals surface area contributed by atoms with E-state index in [1.807, 2.05) is 6.92 Å². The molecule has 12 unspecified atom stereocenters. The van der Waals surface area contributed by atoms with Crippen LogP contribution in [0.15, 0.2) is 24.3 Å². The van der Waals surface area contributed by atoms with E-state index in [-0.39, 0.29) is 51.1 Å². The quantitative estimate of drug-likeness (QED) is 0.164. The van der Waals surface area contributed by atoms with Crippen molar-refractivity contribution in [1.82, 2.24) is 0 Å². The van der Waals surface area contributed by atoms with Crippen molar-refractivity contribution in [1.29, 1.82) is 0 Å². The monoisotopic (exact) mass is 749 g/mol. The lowest BCUT2D eigenvalue weighted by atomic mass is 9.26. The molecule has 0 aromatic heterocycles. The second-order valence-corrected chi connectivity index (χ2v) is 21.0. The molecule has 0 amide bonds. The van der Waals surface area contributed by atoms with Gasteiger partial charge in [0.2, 0.25) is 0 Å². The van der Waals surface area contributed by atoms with Crippen molar-refractivity contribution in [2.45, 2.75) is 182 Å². The van der Waals surface area contributed by atoms with Crippen LogP contribution < -0.4 is 0 Å². The van der Waals surface area contributed by atoms with Crippen LogP contribution in [0.25, 0.3) is 0 Å². The molecule has 6 fully saturated rings. The van der Waals surface area contributed by atoms with Gasteiger partial charge in [0, 0.05) is 36.9 Å². The first-order valence-electron chi connectivity index (χ1n) is 22.4. The van der Waals surface area contributed by atoms with E-state index < -0.39 is 17.2 Å². The first kappa shape index (κ1) is 40.7. The molecule has 12 atom stereocenters. The molecule has 304 valence electrons. The van der Waals surface area contributed by atoms with E-state index in [0.717, 1.165) is 77.0 Å². The first-order valence-corrected chi connectivity index (χ1v) is 22.4. The molecule has 2 bridgehead atoms. The molecule has 3 N–H and O–H groups in total. The molecule has 1 saturated heterocycles. The highest BCUT2D eigenvalue weighted by molar-refractivity contribution is 5.74. The van der Waals surface area contributed by atoms with Crippen molar-refractivity contribution >= 4 is 5.97 Å². The zero-order valence-electron chi connectivity index (χ0n) is 35.2. The Morgan fingerprint density at radius 2 is 1.54 bits per heavy atom. The Balaban J connectivity index is 1.32. The minimum Gasteiger partial charge on any atom is -0.481 e. The summed E-state index contributed by atoms with van der Waals surface area (Å²) < 4.78 is 12.4. The van der Waals surface area contributed by atoms with Gasteiger partial charge in [0.05, 0.1) is 18.1 Å². The lowest BCUT2D eigenvalue weighted by molar-refractivity contribution is -0.314. The molecule has 6 aliphatic rings. The second kappa shape index (κ2) is 14.4. The minimum atomic E-state index is -1.15. The highest BCUT2D eigenvalue weighted by Crippen LogP contribution is 2.84. The number of carboxylic acid groups (broad SMARTS) is 1. The fraction of sp³-hybridized carbons (Fsp3) is 0.854. The third-order valence-corrected chi connectivity index (χ3v) is 19.1. The summed E-state index contributed by atoms with van der Waals surface area (Å²) in [4.78, 5) is 13.0. The standard InChI is InChI=1S/C48H76O6/c1-8-10-11-12-20-45-27-26-44(6)36(43(45,5)25-24-41(3)22-23-42(4,40(50)51)32-38(41)45)18-21-47-37(13-9-2)48(52,29-28-46(44,47)33-49)54-39(47)31-35-16-14-34(15-17-35)19-30-53-7/h14-17,36-39,49,52H,8-13,18-33H2,1-7H3,(H,50,51). The largest absolute Gasteiger partial charge is 0.481 e.